The number of hydrogen-bond donors (Lipinski definition) is 1. The molecule has 39 heavy (non-hydrogen) atoms. The van der Waals surface area contributed by atoms with Crippen LogP contribution in [0.1, 0.15) is 40.7 Å². The number of aryl methyl sites for hydroxylation is 3. The van der Waals surface area contributed by atoms with Crippen LogP contribution in [0.4, 0.5) is 0 Å². The average Bonchev–Trinajstić information content (AvgIpc) is 3.46. The molecule has 0 atom stereocenters. The third-order valence-corrected chi connectivity index (χ3v) is 7.39. The van der Waals surface area contributed by atoms with Crippen LogP contribution in [0.25, 0.3) is 44.6 Å². The smallest absolute Gasteiger partial charge is 0.336 e. The highest BCUT2D eigenvalue weighted by atomic mass is 16.4. The van der Waals surface area contributed by atoms with E-state index in [4.69, 9.17) is 9.97 Å². The monoisotopic (exact) mass is 514 g/mol. The van der Waals surface area contributed by atoms with E-state index in [9.17, 15) is 9.90 Å². The van der Waals surface area contributed by atoms with E-state index in [0.717, 1.165) is 74.4 Å². The second-order valence-corrected chi connectivity index (χ2v) is 10.1. The van der Waals surface area contributed by atoms with Gasteiger partial charge in [0.15, 0.2) is 0 Å². The van der Waals surface area contributed by atoms with Crippen LogP contribution in [0.2, 0.25) is 0 Å². The van der Waals surface area contributed by atoms with Gasteiger partial charge in [-0.05, 0) is 65.9 Å². The van der Waals surface area contributed by atoms with Crippen molar-refractivity contribution >= 4 is 28.0 Å². The molecule has 0 amide bonds. The number of para-hydroxylation sites is 2. The van der Waals surface area contributed by atoms with Gasteiger partial charge in [0.25, 0.3) is 0 Å². The fourth-order valence-corrected chi connectivity index (χ4v) is 5.54. The van der Waals surface area contributed by atoms with Crippen LogP contribution in [-0.4, -0.2) is 30.2 Å². The number of aromatic carboxylic acids is 1. The number of imidazole rings is 2. The molecule has 0 radical (unpaired) electrons. The molecule has 6 rings (SSSR count). The van der Waals surface area contributed by atoms with E-state index in [1.165, 1.54) is 0 Å². The summed E-state index contributed by atoms with van der Waals surface area (Å²) in [6.07, 6.45) is 1.89. The van der Waals surface area contributed by atoms with Gasteiger partial charge in [0.05, 0.1) is 27.6 Å². The molecule has 2 aromatic heterocycles. The minimum Gasteiger partial charge on any atom is -0.478 e. The van der Waals surface area contributed by atoms with E-state index in [-0.39, 0.29) is 0 Å². The molecular formula is C33H30N4O2. The summed E-state index contributed by atoms with van der Waals surface area (Å²) in [6, 6.07) is 27.9. The van der Waals surface area contributed by atoms with Gasteiger partial charge in [-0.3, -0.25) is 0 Å². The molecule has 2 heterocycles. The van der Waals surface area contributed by atoms with Crippen molar-refractivity contribution < 1.29 is 9.90 Å². The van der Waals surface area contributed by atoms with Gasteiger partial charge in [-0.25, -0.2) is 14.8 Å². The molecule has 0 saturated carbocycles. The first-order chi connectivity index (χ1) is 18.9. The summed E-state index contributed by atoms with van der Waals surface area (Å²) in [5, 5.41) is 9.59. The highest BCUT2D eigenvalue weighted by molar-refractivity contribution is 5.96. The summed E-state index contributed by atoms with van der Waals surface area (Å²) in [6.45, 7) is 5.02. The summed E-state index contributed by atoms with van der Waals surface area (Å²) < 4.78 is 4.47. The maximum absolute atomic E-state index is 11.7. The normalized spacial score (nSPS) is 11.5. The zero-order chi connectivity index (χ0) is 27.1. The molecule has 6 aromatic rings. The van der Waals surface area contributed by atoms with Crippen LogP contribution < -0.4 is 0 Å². The number of aromatic nitrogens is 4. The van der Waals surface area contributed by atoms with Crippen molar-refractivity contribution in [2.45, 2.75) is 33.2 Å². The Hall–Kier alpha value is -4.71. The van der Waals surface area contributed by atoms with Crippen LogP contribution in [0.15, 0.2) is 84.9 Å². The Morgan fingerprint density at radius 2 is 1.62 bits per heavy atom. The first kappa shape index (κ1) is 24.6. The second kappa shape index (κ2) is 9.87. The Morgan fingerprint density at radius 1 is 0.872 bits per heavy atom. The van der Waals surface area contributed by atoms with Gasteiger partial charge in [-0.1, -0.05) is 61.5 Å². The molecule has 0 aliphatic rings. The van der Waals surface area contributed by atoms with Gasteiger partial charge in [0, 0.05) is 25.6 Å². The molecule has 0 aliphatic heterocycles. The Balaban J connectivity index is 1.39. The van der Waals surface area contributed by atoms with Gasteiger partial charge in [0.1, 0.15) is 11.6 Å². The minimum absolute atomic E-state index is 0.308. The van der Waals surface area contributed by atoms with E-state index in [2.05, 4.69) is 60.4 Å². The number of carbonyl (C=O) groups is 1. The van der Waals surface area contributed by atoms with Gasteiger partial charge < -0.3 is 14.2 Å². The average molecular weight is 515 g/mol. The van der Waals surface area contributed by atoms with E-state index >= 15 is 0 Å². The maximum atomic E-state index is 11.7. The Morgan fingerprint density at radius 3 is 2.36 bits per heavy atom. The molecule has 6 nitrogen and oxygen atoms in total. The molecule has 0 bridgehead atoms. The molecule has 0 fully saturated rings. The van der Waals surface area contributed by atoms with Crippen LogP contribution >= 0.6 is 0 Å². The fourth-order valence-electron chi connectivity index (χ4n) is 5.54. The lowest BCUT2D eigenvalue weighted by Crippen LogP contribution is -2.06. The second-order valence-electron chi connectivity index (χ2n) is 10.1. The molecule has 0 unspecified atom stereocenters. The van der Waals surface area contributed by atoms with E-state index in [1.807, 2.05) is 42.5 Å². The quantitative estimate of drug-likeness (QED) is 0.243. The van der Waals surface area contributed by atoms with Crippen molar-refractivity contribution in [1.29, 1.82) is 0 Å². The molecule has 0 aliphatic carbocycles. The standard InChI is InChI=1S/C33H30N4O2/c1-4-9-30-34-28-19-24(32-35-27-12-7-8-13-29(27)36(32)3)18-21(2)31(28)37(30)20-22-14-16-23(17-15-22)25-10-5-6-11-26(25)33(38)39/h5-8,10-19H,4,9,20H2,1-3H3,(H,38,39). The number of carboxylic acid groups (broad SMARTS) is 1. The third-order valence-electron chi connectivity index (χ3n) is 7.39. The van der Waals surface area contributed by atoms with E-state index in [0.29, 0.717) is 12.1 Å². The van der Waals surface area contributed by atoms with Crippen LogP contribution in [0.5, 0.6) is 0 Å². The highest BCUT2D eigenvalue weighted by Gasteiger charge is 2.17. The van der Waals surface area contributed by atoms with Gasteiger partial charge in [-0.15, -0.1) is 0 Å². The fraction of sp³-hybridized carbons (Fsp3) is 0.182. The molecule has 0 spiro atoms. The van der Waals surface area contributed by atoms with Crippen molar-refractivity contribution in [3.8, 4) is 22.5 Å². The molecular weight excluding hydrogens is 484 g/mol. The summed E-state index contributed by atoms with van der Waals surface area (Å²) in [5.41, 5.74) is 9.50. The zero-order valence-corrected chi connectivity index (χ0v) is 22.3. The molecule has 0 saturated heterocycles. The first-order valence-corrected chi connectivity index (χ1v) is 13.3. The SMILES string of the molecule is CCCc1nc2cc(-c3nc4ccccc4n3C)cc(C)c2n1Cc1ccc(-c2ccccc2C(=O)O)cc1. The van der Waals surface area contributed by atoms with E-state index < -0.39 is 5.97 Å². The summed E-state index contributed by atoms with van der Waals surface area (Å²) in [4.78, 5) is 21.7. The van der Waals surface area contributed by atoms with Crippen molar-refractivity contribution in [2.75, 3.05) is 0 Å². The maximum Gasteiger partial charge on any atom is 0.336 e. The topological polar surface area (TPSA) is 72.9 Å². The van der Waals surface area contributed by atoms with Crippen molar-refractivity contribution in [2.24, 2.45) is 7.05 Å². The Bertz CT molecular complexity index is 1840. The molecule has 1 N–H and O–H groups in total. The predicted molar refractivity (Wildman–Crippen MR) is 156 cm³/mol. The predicted octanol–water partition coefficient (Wildman–Crippen LogP) is 7.26. The van der Waals surface area contributed by atoms with Crippen molar-refractivity contribution in [3.63, 3.8) is 0 Å². The lowest BCUT2D eigenvalue weighted by atomic mass is 9.98. The molecule has 6 heteroatoms. The largest absolute Gasteiger partial charge is 0.478 e. The Kier molecular flexibility index (Phi) is 6.23. The lowest BCUT2D eigenvalue weighted by molar-refractivity contribution is 0.0697. The van der Waals surface area contributed by atoms with Crippen LogP contribution in [0.3, 0.4) is 0 Å². The van der Waals surface area contributed by atoms with Crippen LogP contribution in [0, 0.1) is 6.92 Å². The number of hydrogen-bond acceptors (Lipinski definition) is 3. The Labute approximate surface area is 227 Å². The lowest BCUT2D eigenvalue weighted by Gasteiger charge is -2.12. The van der Waals surface area contributed by atoms with Crippen molar-refractivity contribution in [1.82, 2.24) is 19.1 Å². The number of rotatable bonds is 7. The molecule has 4 aromatic carbocycles. The number of carboxylic acids is 1. The van der Waals surface area contributed by atoms with Gasteiger partial charge >= 0.3 is 5.97 Å². The number of fused-ring (bicyclic) bond motifs is 2. The van der Waals surface area contributed by atoms with Crippen LogP contribution in [-0.2, 0) is 20.0 Å². The number of nitrogens with zero attached hydrogens (tertiary/aromatic N) is 4. The van der Waals surface area contributed by atoms with Gasteiger partial charge in [-0.2, -0.15) is 0 Å². The minimum atomic E-state index is -0.919. The summed E-state index contributed by atoms with van der Waals surface area (Å²) in [5.74, 6) is 1.08. The highest BCUT2D eigenvalue weighted by Crippen LogP contribution is 2.31. The first-order valence-electron chi connectivity index (χ1n) is 13.3. The summed E-state index contributed by atoms with van der Waals surface area (Å²) >= 11 is 0. The molecule has 194 valence electrons. The summed E-state index contributed by atoms with van der Waals surface area (Å²) in [7, 11) is 2.06. The van der Waals surface area contributed by atoms with Crippen molar-refractivity contribution in [3.05, 3.63) is 107 Å². The number of benzene rings is 4. The zero-order valence-electron chi connectivity index (χ0n) is 22.3. The van der Waals surface area contributed by atoms with E-state index in [1.54, 1.807) is 12.1 Å². The third kappa shape index (κ3) is 4.38. The van der Waals surface area contributed by atoms with Gasteiger partial charge in [0.2, 0.25) is 0 Å².